The SMILES string of the molecule is CCOC(=O)C1=NN(c2ccc(OC)cc2)[C@@H](c2ccccc2)CC1=O. The van der Waals surface area contributed by atoms with E-state index >= 15 is 0 Å². The van der Waals surface area contributed by atoms with Crippen LogP contribution in [0.3, 0.4) is 0 Å². The van der Waals surface area contributed by atoms with Crippen molar-refractivity contribution in [3.63, 3.8) is 0 Å². The Labute approximate surface area is 152 Å². The van der Waals surface area contributed by atoms with E-state index in [-0.39, 0.29) is 30.6 Å². The van der Waals surface area contributed by atoms with Gasteiger partial charge < -0.3 is 9.47 Å². The smallest absolute Gasteiger partial charge is 0.362 e. The fraction of sp³-hybridized carbons (Fsp3) is 0.250. The van der Waals surface area contributed by atoms with Gasteiger partial charge in [-0.05, 0) is 36.8 Å². The molecule has 6 heteroatoms. The van der Waals surface area contributed by atoms with E-state index in [1.807, 2.05) is 54.6 Å². The van der Waals surface area contributed by atoms with Crippen molar-refractivity contribution in [3.8, 4) is 5.75 Å². The van der Waals surface area contributed by atoms with Crippen molar-refractivity contribution in [1.82, 2.24) is 0 Å². The van der Waals surface area contributed by atoms with Crippen LogP contribution in [0.4, 0.5) is 5.69 Å². The minimum atomic E-state index is -0.692. The Morgan fingerprint density at radius 2 is 1.85 bits per heavy atom. The molecule has 134 valence electrons. The number of carbonyl (C=O) groups is 2. The topological polar surface area (TPSA) is 68.2 Å². The summed E-state index contributed by atoms with van der Waals surface area (Å²) in [6.07, 6.45) is 0.147. The molecule has 3 rings (SSSR count). The quantitative estimate of drug-likeness (QED) is 0.774. The van der Waals surface area contributed by atoms with Gasteiger partial charge >= 0.3 is 5.97 Å². The molecule has 0 amide bonds. The number of nitrogens with zero attached hydrogens (tertiary/aromatic N) is 2. The monoisotopic (exact) mass is 352 g/mol. The first-order valence-electron chi connectivity index (χ1n) is 8.41. The highest BCUT2D eigenvalue weighted by Crippen LogP contribution is 2.34. The lowest BCUT2D eigenvalue weighted by atomic mass is 9.96. The van der Waals surface area contributed by atoms with Gasteiger partial charge in [-0.3, -0.25) is 9.80 Å². The molecule has 0 spiro atoms. The third-order valence-electron chi connectivity index (χ3n) is 4.14. The number of hydrazone groups is 1. The highest BCUT2D eigenvalue weighted by molar-refractivity contribution is 6.64. The number of carbonyl (C=O) groups excluding carboxylic acids is 2. The van der Waals surface area contributed by atoms with Crippen LogP contribution in [0.1, 0.15) is 24.9 Å². The maximum atomic E-state index is 12.5. The molecular weight excluding hydrogens is 332 g/mol. The second-order valence-corrected chi connectivity index (χ2v) is 5.77. The Morgan fingerprint density at radius 1 is 1.15 bits per heavy atom. The van der Waals surface area contributed by atoms with Crippen molar-refractivity contribution in [2.75, 3.05) is 18.7 Å². The summed E-state index contributed by atoms with van der Waals surface area (Å²) in [7, 11) is 1.60. The van der Waals surface area contributed by atoms with E-state index < -0.39 is 5.97 Å². The molecule has 0 N–H and O–H groups in total. The van der Waals surface area contributed by atoms with Gasteiger partial charge in [0.1, 0.15) is 5.75 Å². The predicted octanol–water partition coefficient (Wildman–Crippen LogP) is 3.13. The molecule has 0 saturated heterocycles. The number of esters is 1. The third kappa shape index (κ3) is 3.59. The number of anilines is 1. The fourth-order valence-corrected chi connectivity index (χ4v) is 2.85. The molecule has 0 radical (unpaired) electrons. The Balaban J connectivity index is 2.04. The number of hydrogen-bond acceptors (Lipinski definition) is 6. The minimum Gasteiger partial charge on any atom is -0.497 e. The van der Waals surface area contributed by atoms with E-state index in [4.69, 9.17) is 9.47 Å². The van der Waals surface area contributed by atoms with Gasteiger partial charge in [0.2, 0.25) is 5.71 Å². The van der Waals surface area contributed by atoms with Gasteiger partial charge in [0.25, 0.3) is 0 Å². The molecule has 0 saturated carbocycles. The molecule has 1 aliphatic heterocycles. The van der Waals surface area contributed by atoms with E-state index in [2.05, 4.69) is 5.10 Å². The summed E-state index contributed by atoms with van der Waals surface area (Å²) < 4.78 is 10.2. The maximum Gasteiger partial charge on any atom is 0.362 e. The van der Waals surface area contributed by atoms with Crippen LogP contribution >= 0.6 is 0 Å². The highest BCUT2D eigenvalue weighted by atomic mass is 16.5. The zero-order chi connectivity index (χ0) is 18.5. The van der Waals surface area contributed by atoms with Crippen LogP contribution in [0.25, 0.3) is 0 Å². The predicted molar refractivity (Wildman–Crippen MR) is 98.3 cm³/mol. The number of Topliss-reactive ketones (excluding diaryl/α,β-unsaturated/α-hetero) is 1. The third-order valence-corrected chi connectivity index (χ3v) is 4.14. The first kappa shape index (κ1) is 17.7. The molecular formula is C20H20N2O4. The van der Waals surface area contributed by atoms with Crippen LogP contribution in [-0.2, 0) is 14.3 Å². The molecule has 1 heterocycles. The second kappa shape index (κ2) is 7.82. The standard InChI is InChI=1S/C20H20N2O4/c1-3-26-20(24)19-18(23)13-17(14-7-5-4-6-8-14)22(21-19)15-9-11-16(25-2)12-10-15/h4-12,17H,3,13H2,1-2H3/t17-/m1/s1. The summed E-state index contributed by atoms with van der Waals surface area (Å²) in [6, 6.07) is 16.6. The normalized spacial score (nSPS) is 16.8. The van der Waals surface area contributed by atoms with Crippen molar-refractivity contribution in [2.24, 2.45) is 5.10 Å². The lowest BCUT2D eigenvalue weighted by molar-refractivity contribution is -0.135. The number of ether oxygens (including phenoxy) is 2. The summed E-state index contributed by atoms with van der Waals surface area (Å²) in [4.78, 5) is 24.6. The number of methoxy groups -OCH3 is 1. The van der Waals surface area contributed by atoms with Gasteiger partial charge in [0.15, 0.2) is 5.78 Å². The van der Waals surface area contributed by atoms with Crippen molar-refractivity contribution in [1.29, 1.82) is 0 Å². The van der Waals surface area contributed by atoms with Gasteiger partial charge in [-0.2, -0.15) is 5.10 Å². The maximum absolute atomic E-state index is 12.5. The minimum absolute atomic E-state index is 0.147. The molecule has 0 bridgehead atoms. The molecule has 0 fully saturated rings. The second-order valence-electron chi connectivity index (χ2n) is 5.77. The molecule has 6 nitrogen and oxygen atoms in total. The molecule has 1 atom stereocenters. The molecule has 2 aromatic rings. The number of rotatable bonds is 5. The van der Waals surface area contributed by atoms with Gasteiger partial charge in [-0.25, -0.2) is 4.79 Å². The largest absolute Gasteiger partial charge is 0.497 e. The van der Waals surface area contributed by atoms with E-state index in [0.29, 0.717) is 5.75 Å². The Bertz CT molecular complexity index is 815. The molecule has 26 heavy (non-hydrogen) atoms. The lowest BCUT2D eigenvalue weighted by Gasteiger charge is -2.33. The molecule has 1 aliphatic rings. The van der Waals surface area contributed by atoms with E-state index in [1.165, 1.54) is 0 Å². The highest BCUT2D eigenvalue weighted by Gasteiger charge is 2.35. The summed E-state index contributed by atoms with van der Waals surface area (Å²) in [5, 5.41) is 6.05. The van der Waals surface area contributed by atoms with Crippen molar-refractivity contribution >= 4 is 23.2 Å². The van der Waals surface area contributed by atoms with Crippen LogP contribution in [0, 0.1) is 0 Å². The van der Waals surface area contributed by atoms with E-state index in [0.717, 1.165) is 11.3 Å². The van der Waals surface area contributed by atoms with E-state index in [9.17, 15) is 9.59 Å². The molecule has 2 aromatic carbocycles. The van der Waals surface area contributed by atoms with Crippen LogP contribution in [0.15, 0.2) is 59.7 Å². The first-order chi connectivity index (χ1) is 12.6. The average Bonchev–Trinajstić information content (AvgIpc) is 2.68. The van der Waals surface area contributed by atoms with Gasteiger partial charge in [-0.1, -0.05) is 30.3 Å². The van der Waals surface area contributed by atoms with Gasteiger partial charge in [0.05, 0.1) is 25.4 Å². The zero-order valence-corrected chi connectivity index (χ0v) is 14.7. The lowest BCUT2D eigenvalue weighted by Crippen LogP contribution is -2.39. The summed E-state index contributed by atoms with van der Waals surface area (Å²) in [6.45, 7) is 1.88. The van der Waals surface area contributed by atoms with Crippen molar-refractivity contribution in [3.05, 3.63) is 60.2 Å². The van der Waals surface area contributed by atoms with Gasteiger partial charge in [-0.15, -0.1) is 0 Å². The van der Waals surface area contributed by atoms with Crippen LogP contribution in [-0.4, -0.2) is 31.2 Å². The van der Waals surface area contributed by atoms with Crippen molar-refractivity contribution < 1.29 is 19.1 Å². The Kier molecular flexibility index (Phi) is 5.31. The zero-order valence-electron chi connectivity index (χ0n) is 14.7. The van der Waals surface area contributed by atoms with Gasteiger partial charge in [0, 0.05) is 6.42 Å². The van der Waals surface area contributed by atoms with Crippen LogP contribution < -0.4 is 9.75 Å². The van der Waals surface area contributed by atoms with Crippen LogP contribution in [0.5, 0.6) is 5.75 Å². The first-order valence-corrected chi connectivity index (χ1v) is 8.41. The van der Waals surface area contributed by atoms with Crippen LogP contribution in [0.2, 0.25) is 0 Å². The number of ketones is 1. The van der Waals surface area contributed by atoms with E-state index in [1.54, 1.807) is 19.0 Å². The number of hydrogen-bond donors (Lipinski definition) is 0. The summed E-state index contributed by atoms with van der Waals surface area (Å²) in [5.41, 5.74) is 1.53. The Hall–Kier alpha value is -3.15. The summed E-state index contributed by atoms with van der Waals surface area (Å²) in [5.74, 6) is -0.294. The average molecular weight is 352 g/mol. The molecule has 0 aliphatic carbocycles. The fourth-order valence-electron chi connectivity index (χ4n) is 2.85. The summed E-state index contributed by atoms with van der Waals surface area (Å²) >= 11 is 0. The Morgan fingerprint density at radius 3 is 2.46 bits per heavy atom. The molecule has 0 aromatic heterocycles. The molecule has 0 unspecified atom stereocenters. The number of benzene rings is 2. The van der Waals surface area contributed by atoms with Crippen molar-refractivity contribution in [2.45, 2.75) is 19.4 Å².